The fraction of sp³-hybridized carbons (Fsp3) is 0.304. The van der Waals surface area contributed by atoms with Crippen LogP contribution in [0.1, 0.15) is 41.5 Å². The molecule has 0 aliphatic carbocycles. The van der Waals surface area contributed by atoms with Crippen molar-refractivity contribution in [1.82, 2.24) is 16.0 Å². The number of halogens is 2. The van der Waals surface area contributed by atoms with Gasteiger partial charge in [-0.05, 0) is 42.5 Å². The van der Waals surface area contributed by atoms with Crippen molar-refractivity contribution >= 4 is 42.5 Å². The molecule has 1 aliphatic rings. The van der Waals surface area contributed by atoms with E-state index in [1.165, 1.54) is 0 Å². The molecule has 33 heavy (non-hydrogen) atoms. The quantitative estimate of drug-likeness (QED) is 0.297. The van der Waals surface area contributed by atoms with E-state index < -0.39 is 6.04 Å². The molecule has 1 fully saturated rings. The van der Waals surface area contributed by atoms with Gasteiger partial charge in [0.15, 0.2) is 0 Å². The topological polar surface area (TPSA) is 144 Å². The monoisotopic (exact) mass is 490 g/mol. The first kappa shape index (κ1) is 27.9. The first-order valence-corrected chi connectivity index (χ1v) is 10.1. The number of hydrogen-bond donors (Lipinski definition) is 5. The number of nitrogen functional groups attached to an aromatic ring is 1. The van der Waals surface area contributed by atoms with Crippen LogP contribution in [0.2, 0.25) is 0 Å². The van der Waals surface area contributed by atoms with Crippen molar-refractivity contribution in [2.24, 2.45) is 5.73 Å². The maximum Gasteiger partial charge on any atom is 0.242 e. The molecular weight excluding hydrogens is 463 g/mol. The van der Waals surface area contributed by atoms with Crippen molar-refractivity contribution in [1.29, 1.82) is 10.7 Å². The highest BCUT2D eigenvalue weighted by atomic mass is 35.5. The lowest BCUT2D eigenvalue weighted by molar-refractivity contribution is -0.129. The first-order valence-electron chi connectivity index (χ1n) is 10.1. The highest BCUT2D eigenvalue weighted by Crippen LogP contribution is 2.26. The molecule has 0 unspecified atom stereocenters. The Morgan fingerprint density at radius 3 is 2.58 bits per heavy atom. The number of nitrogens with zero attached hydrogens (tertiary/aromatic N) is 1. The van der Waals surface area contributed by atoms with Gasteiger partial charge in [0.1, 0.15) is 11.9 Å². The normalized spacial score (nSPS) is 17.5. The lowest BCUT2D eigenvalue weighted by atomic mass is 9.95. The highest BCUT2D eigenvalue weighted by molar-refractivity contribution is 5.95. The van der Waals surface area contributed by atoms with E-state index in [4.69, 9.17) is 16.4 Å². The SMILES string of the molecule is C[C@H](NC(=O)[C@H]1C[C@@H](c2cccc(C#N)c2)CN1)C(=O)NCc1ccc(C(=N)N)cc1.Cl.Cl. The predicted molar refractivity (Wildman–Crippen MR) is 132 cm³/mol. The molecule has 1 aliphatic heterocycles. The van der Waals surface area contributed by atoms with E-state index in [0.717, 1.165) is 11.1 Å². The summed E-state index contributed by atoms with van der Waals surface area (Å²) >= 11 is 0. The van der Waals surface area contributed by atoms with Gasteiger partial charge in [0.05, 0.1) is 17.7 Å². The lowest BCUT2D eigenvalue weighted by Crippen LogP contribution is -2.49. The van der Waals surface area contributed by atoms with Crippen molar-refractivity contribution in [3.8, 4) is 6.07 Å². The third kappa shape index (κ3) is 7.46. The van der Waals surface area contributed by atoms with Gasteiger partial charge in [-0.15, -0.1) is 24.8 Å². The summed E-state index contributed by atoms with van der Waals surface area (Å²) in [4.78, 5) is 25.0. The van der Waals surface area contributed by atoms with Gasteiger partial charge in [-0.1, -0.05) is 36.4 Å². The number of nitrogens with two attached hydrogens (primary N) is 1. The number of carbonyl (C=O) groups excluding carboxylic acids is 2. The summed E-state index contributed by atoms with van der Waals surface area (Å²) in [5.74, 6) is -0.355. The van der Waals surface area contributed by atoms with Gasteiger partial charge in [0.25, 0.3) is 0 Å². The second-order valence-electron chi connectivity index (χ2n) is 7.69. The summed E-state index contributed by atoms with van der Waals surface area (Å²) in [6.45, 7) is 2.61. The average Bonchev–Trinajstić information content (AvgIpc) is 3.28. The highest BCUT2D eigenvalue weighted by Gasteiger charge is 2.31. The van der Waals surface area contributed by atoms with Crippen LogP contribution in [0.5, 0.6) is 0 Å². The third-order valence-corrected chi connectivity index (χ3v) is 5.42. The van der Waals surface area contributed by atoms with Crippen molar-refractivity contribution in [2.75, 3.05) is 6.54 Å². The largest absolute Gasteiger partial charge is 0.384 e. The van der Waals surface area contributed by atoms with Crippen LogP contribution in [0.25, 0.3) is 0 Å². The van der Waals surface area contributed by atoms with E-state index in [-0.39, 0.29) is 54.4 Å². The van der Waals surface area contributed by atoms with Crippen molar-refractivity contribution in [3.05, 3.63) is 70.8 Å². The minimum Gasteiger partial charge on any atom is -0.384 e. The summed E-state index contributed by atoms with van der Waals surface area (Å²) < 4.78 is 0. The Bertz CT molecular complexity index is 1020. The fourth-order valence-electron chi connectivity index (χ4n) is 3.58. The van der Waals surface area contributed by atoms with Gasteiger partial charge in [0, 0.05) is 18.7 Å². The summed E-state index contributed by atoms with van der Waals surface area (Å²) in [5, 5.41) is 25.2. The van der Waals surface area contributed by atoms with Crippen LogP contribution in [0.15, 0.2) is 48.5 Å². The molecule has 10 heteroatoms. The molecule has 0 saturated carbocycles. The standard InChI is InChI=1S/C23H26N6O2.2ClH/c1-14(22(30)28-12-15-5-7-17(8-6-15)21(25)26)29-23(31)20-10-19(13-27-20)18-4-2-3-16(9-18)11-24;;/h2-9,14,19-20,27H,10,12-13H2,1H3,(H3,25,26)(H,28,30)(H,29,31);2*1H/t14-,19+,20+;;/m0../s1. The zero-order valence-corrected chi connectivity index (χ0v) is 19.8. The summed E-state index contributed by atoms with van der Waals surface area (Å²) in [6.07, 6.45) is 0.609. The summed E-state index contributed by atoms with van der Waals surface area (Å²) in [6, 6.07) is 15.5. The molecule has 0 bridgehead atoms. The molecule has 176 valence electrons. The third-order valence-electron chi connectivity index (χ3n) is 5.42. The van der Waals surface area contributed by atoms with Crippen LogP contribution in [-0.2, 0) is 16.1 Å². The number of amidine groups is 1. The Hall–Kier alpha value is -3.12. The molecule has 1 saturated heterocycles. The van der Waals surface area contributed by atoms with Gasteiger partial charge >= 0.3 is 0 Å². The fourth-order valence-corrected chi connectivity index (χ4v) is 3.58. The Morgan fingerprint density at radius 2 is 1.94 bits per heavy atom. The lowest BCUT2D eigenvalue weighted by Gasteiger charge is -2.17. The number of nitriles is 1. The Morgan fingerprint density at radius 1 is 1.24 bits per heavy atom. The average molecular weight is 491 g/mol. The number of hydrogen-bond acceptors (Lipinski definition) is 5. The van der Waals surface area contributed by atoms with E-state index in [1.54, 1.807) is 37.3 Å². The summed E-state index contributed by atoms with van der Waals surface area (Å²) in [5.41, 5.74) is 8.56. The molecule has 0 aromatic heterocycles. The second-order valence-corrected chi connectivity index (χ2v) is 7.69. The molecule has 3 rings (SSSR count). The molecule has 2 amide bonds. The predicted octanol–water partition coefficient (Wildman–Crippen LogP) is 1.95. The molecular formula is C23H28Cl2N6O2. The molecule has 2 aromatic rings. The van der Waals surface area contributed by atoms with Crippen molar-refractivity contribution < 1.29 is 9.59 Å². The van der Waals surface area contributed by atoms with E-state index in [2.05, 4.69) is 22.0 Å². The van der Waals surface area contributed by atoms with Gasteiger partial charge < -0.3 is 21.7 Å². The summed E-state index contributed by atoms with van der Waals surface area (Å²) in [7, 11) is 0. The van der Waals surface area contributed by atoms with Crippen LogP contribution in [0.3, 0.4) is 0 Å². The van der Waals surface area contributed by atoms with E-state index >= 15 is 0 Å². The maximum absolute atomic E-state index is 12.6. The minimum absolute atomic E-state index is 0. The number of rotatable bonds is 7. The molecule has 0 spiro atoms. The number of amides is 2. The van der Waals surface area contributed by atoms with Gasteiger partial charge in [-0.3, -0.25) is 15.0 Å². The molecule has 3 atom stereocenters. The van der Waals surface area contributed by atoms with Crippen LogP contribution >= 0.6 is 24.8 Å². The first-order chi connectivity index (χ1) is 14.9. The molecule has 0 radical (unpaired) electrons. The van der Waals surface area contributed by atoms with Gasteiger partial charge in [0.2, 0.25) is 11.8 Å². The molecule has 2 aromatic carbocycles. The minimum atomic E-state index is -0.674. The van der Waals surface area contributed by atoms with Gasteiger partial charge in [-0.25, -0.2) is 0 Å². The van der Waals surface area contributed by atoms with Crippen molar-refractivity contribution in [2.45, 2.75) is 37.9 Å². The van der Waals surface area contributed by atoms with Crippen LogP contribution < -0.4 is 21.7 Å². The van der Waals surface area contributed by atoms with Crippen LogP contribution in [0.4, 0.5) is 0 Å². The molecule has 6 N–H and O–H groups in total. The number of benzene rings is 2. The van der Waals surface area contributed by atoms with Crippen LogP contribution in [-0.4, -0.2) is 36.3 Å². The Labute approximate surface area is 205 Å². The molecule has 8 nitrogen and oxygen atoms in total. The smallest absolute Gasteiger partial charge is 0.242 e. The van der Waals surface area contributed by atoms with Crippen molar-refractivity contribution in [3.63, 3.8) is 0 Å². The molecule has 1 heterocycles. The zero-order chi connectivity index (χ0) is 22.4. The van der Waals surface area contributed by atoms with Gasteiger partial charge in [-0.2, -0.15) is 5.26 Å². The number of nitrogens with one attached hydrogen (secondary N) is 4. The van der Waals surface area contributed by atoms with Crippen LogP contribution in [0, 0.1) is 16.7 Å². The van der Waals surface area contributed by atoms with E-state index in [9.17, 15) is 9.59 Å². The maximum atomic E-state index is 12.6. The Balaban J connectivity index is 0.00000272. The Kier molecular flexibility index (Phi) is 10.8. The second kappa shape index (κ2) is 12.8. The van der Waals surface area contributed by atoms with E-state index in [0.29, 0.717) is 30.6 Å². The zero-order valence-electron chi connectivity index (χ0n) is 18.1. The van der Waals surface area contributed by atoms with E-state index in [1.807, 2.05) is 18.2 Å². The number of carbonyl (C=O) groups is 2.